The Hall–Kier alpha value is -1.96. The molecule has 1 amide bonds. The predicted octanol–water partition coefficient (Wildman–Crippen LogP) is 1.77. The van der Waals surface area contributed by atoms with Gasteiger partial charge in [0.1, 0.15) is 11.3 Å². The average molecular weight is 333 g/mol. The minimum Gasteiger partial charge on any atom is -0.361 e. The van der Waals surface area contributed by atoms with E-state index in [4.69, 9.17) is 4.52 Å². The number of carbonyl (C=O) groups is 1. The number of hydrogen-bond donors (Lipinski definition) is 0. The molecule has 2 saturated heterocycles. The number of aromatic nitrogens is 3. The van der Waals surface area contributed by atoms with Crippen molar-refractivity contribution in [2.24, 2.45) is 5.41 Å². The molecule has 0 aliphatic carbocycles. The monoisotopic (exact) mass is 333 g/mol. The molecule has 4 heterocycles. The van der Waals surface area contributed by atoms with Crippen molar-refractivity contribution in [1.82, 2.24) is 20.3 Å². The van der Waals surface area contributed by atoms with Crippen LogP contribution in [0.3, 0.4) is 0 Å². The van der Waals surface area contributed by atoms with Crippen LogP contribution < -0.4 is 4.90 Å². The van der Waals surface area contributed by atoms with E-state index in [1.165, 1.54) is 0 Å². The first-order valence-electron chi connectivity index (χ1n) is 7.77. The molecule has 0 saturated carbocycles. The molecule has 4 rings (SSSR count). The van der Waals surface area contributed by atoms with Crippen molar-refractivity contribution in [1.29, 1.82) is 0 Å². The molecule has 8 heteroatoms. The first kappa shape index (κ1) is 14.6. The summed E-state index contributed by atoms with van der Waals surface area (Å²) in [5.41, 5.74) is 3.71. The van der Waals surface area contributed by atoms with Crippen LogP contribution in [0.1, 0.15) is 29.9 Å². The van der Waals surface area contributed by atoms with E-state index in [2.05, 4.69) is 20.3 Å². The average Bonchev–Trinajstić information content (AvgIpc) is 3.27. The Morgan fingerprint density at radius 1 is 1.39 bits per heavy atom. The van der Waals surface area contributed by atoms with Crippen LogP contribution in [0.4, 0.5) is 5.13 Å². The van der Waals surface area contributed by atoms with E-state index in [0.717, 1.165) is 48.2 Å². The number of aryl methyl sites for hydroxylation is 2. The second-order valence-corrected chi connectivity index (χ2v) is 7.43. The Labute approximate surface area is 138 Å². The van der Waals surface area contributed by atoms with Crippen molar-refractivity contribution >= 4 is 22.4 Å². The Morgan fingerprint density at radius 2 is 2.26 bits per heavy atom. The second kappa shape index (κ2) is 5.30. The van der Waals surface area contributed by atoms with Crippen LogP contribution in [0.25, 0.3) is 0 Å². The summed E-state index contributed by atoms with van der Waals surface area (Å²) in [6.45, 7) is 7.05. The Bertz CT molecular complexity index is 709. The molecule has 0 N–H and O–H groups in total. The molecule has 0 aromatic carbocycles. The summed E-state index contributed by atoms with van der Waals surface area (Å²) in [6, 6.07) is 0. The topological polar surface area (TPSA) is 75.4 Å². The van der Waals surface area contributed by atoms with Gasteiger partial charge in [-0.3, -0.25) is 4.79 Å². The third kappa shape index (κ3) is 2.50. The Morgan fingerprint density at radius 3 is 2.96 bits per heavy atom. The van der Waals surface area contributed by atoms with Crippen LogP contribution in [0.2, 0.25) is 0 Å². The fourth-order valence-electron chi connectivity index (χ4n) is 3.72. The van der Waals surface area contributed by atoms with Gasteiger partial charge in [-0.05, 0) is 20.3 Å². The van der Waals surface area contributed by atoms with Gasteiger partial charge in [0.2, 0.25) is 11.0 Å². The van der Waals surface area contributed by atoms with E-state index in [1.54, 1.807) is 16.8 Å². The van der Waals surface area contributed by atoms with Gasteiger partial charge in [-0.1, -0.05) is 16.5 Å². The molecule has 0 radical (unpaired) electrons. The van der Waals surface area contributed by atoms with Crippen LogP contribution in [-0.4, -0.2) is 45.8 Å². The number of likely N-dealkylation sites (tertiary alicyclic amines) is 1. The molecule has 2 fully saturated rings. The van der Waals surface area contributed by atoms with E-state index in [-0.39, 0.29) is 11.3 Å². The van der Waals surface area contributed by atoms with Crippen molar-refractivity contribution in [2.75, 3.05) is 24.5 Å². The summed E-state index contributed by atoms with van der Waals surface area (Å²) in [6.07, 6.45) is 1.64. The van der Waals surface area contributed by atoms with E-state index in [9.17, 15) is 4.79 Å². The lowest BCUT2D eigenvalue weighted by atomic mass is 9.86. The third-order valence-electron chi connectivity index (χ3n) is 4.99. The molecular formula is C15H19N5O2S. The van der Waals surface area contributed by atoms with Gasteiger partial charge in [0, 0.05) is 37.0 Å². The highest BCUT2D eigenvalue weighted by Crippen LogP contribution is 2.42. The SMILES string of the molecule is Cc1noc(C)c1CN1C[C@@]2(CCN(c3nncs3)C2)CC1=O. The third-order valence-corrected chi connectivity index (χ3v) is 5.74. The maximum absolute atomic E-state index is 12.5. The van der Waals surface area contributed by atoms with E-state index in [0.29, 0.717) is 13.0 Å². The molecule has 0 unspecified atom stereocenters. The zero-order valence-electron chi connectivity index (χ0n) is 13.3. The van der Waals surface area contributed by atoms with E-state index in [1.807, 2.05) is 18.7 Å². The summed E-state index contributed by atoms with van der Waals surface area (Å²) in [5, 5.41) is 13.0. The van der Waals surface area contributed by atoms with Crippen LogP contribution in [0.15, 0.2) is 10.0 Å². The number of nitrogens with zero attached hydrogens (tertiary/aromatic N) is 5. The first-order chi connectivity index (χ1) is 11.1. The molecule has 23 heavy (non-hydrogen) atoms. The molecule has 2 aromatic rings. The van der Waals surface area contributed by atoms with Gasteiger partial charge in [0.25, 0.3) is 0 Å². The second-order valence-electron chi connectivity index (χ2n) is 6.62. The summed E-state index contributed by atoms with van der Waals surface area (Å²) in [5.74, 6) is 1.03. The minimum atomic E-state index is 0.0434. The summed E-state index contributed by atoms with van der Waals surface area (Å²) in [7, 11) is 0. The molecule has 2 aliphatic rings. The number of anilines is 1. The lowest BCUT2D eigenvalue weighted by molar-refractivity contribution is -0.128. The first-order valence-corrected chi connectivity index (χ1v) is 8.65. The lowest BCUT2D eigenvalue weighted by Crippen LogP contribution is -2.31. The minimum absolute atomic E-state index is 0.0434. The van der Waals surface area contributed by atoms with Crippen molar-refractivity contribution in [3.8, 4) is 0 Å². The maximum Gasteiger partial charge on any atom is 0.223 e. The van der Waals surface area contributed by atoms with Gasteiger partial charge in [-0.15, -0.1) is 10.2 Å². The lowest BCUT2D eigenvalue weighted by Gasteiger charge is -2.23. The maximum atomic E-state index is 12.5. The zero-order chi connectivity index (χ0) is 16.0. The molecule has 1 atom stereocenters. The number of rotatable bonds is 3. The molecule has 1 spiro atoms. The van der Waals surface area contributed by atoms with Crippen LogP contribution in [0.5, 0.6) is 0 Å². The van der Waals surface area contributed by atoms with Crippen molar-refractivity contribution in [3.63, 3.8) is 0 Å². The van der Waals surface area contributed by atoms with Crippen LogP contribution in [-0.2, 0) is 11.3 Å². The molecule has 122 valence electrons. The fraction of sp³-hybridized carbons (Fsp3) is 0.600. The van der Waals surface area contributed by atoms with Gasteiger partial charge in [-0.25, -0.2) is 0 Å². The molecule has 0 bridgehead atoms. The largest absolute Gasteiger partial charge is 0.361 e. The van der Waals surface area contributed by atoms with E-state index >= 15 is 0 Å². The summed E-state index contributed by atoms with van der Waals surface area (Å²) < 4.78 is 5.21. The Kier molecular flexibility index (Phi) is 3.37. The molecule has 2 aliphatic heterocycles. The van der Waals surface area contributed by atoms with Gasteiger partial charge < -0.3 is 14.3 Å². The fourth-order valence-corrected chi connectivity index (χ4v) is 4.31. The molecule has 7 nitrogen and oxygen atoms in total. The van der Waals surface area contributed by atoms with E-state index < -0.39 is 0 Å². The predicted molar refractivity (Wildman–Crippen MR) is 85.2 cm³/mol. The van der Waals surface area contributed by atoms with Crippen LogP contribution in [0, 0.1) is 19.3 Å². The van der Waals surface area contributed by atoms with Crippen LogP contribution >= 0.6 is 11.3 Å². The van der Waals surface area contributed by atoms with Crippen molar-refractivity contribution in [3.05, 3.63) is 22.5 Å². The smallest absolute Gasteiger partial charge is 0.223 e. The van der Waals surface area contributed by atoms with Crippen molar-refractivity contribution in [2.45, 2.75) is 33.2 Å². The summed E-state index contributed by atoms with van der Waals surface area (Å²) in [4.78, 5) is 16.7. The number of hydrogen-bond acceptors (Lipinski definition) is 7. The molecular weight excluding hydrogens is 314 g/mol. The number of amides is 1. The number of carbonyl (C=O) groups excluding carboxylic acids is 1. The van der Waals surface area contributed by atoms with Crippen molar-refractivity contribution < 1.29 is 9.32 Å². The zero-order valence-corrected chi connectivity index (χ0v) is 14.1. The normalized spacial score (nSPS) is 24.3. The quantitative estimate of drug-likeness (QED) is 0.852. The highest BCUT2D eigenvalue weighted by atomic mass is 32.1. The van der Waals surface area contributed by atoms with Gasteiger partial charge in [0.05, 0.1) is 12.2 Å². The summed E-state index contributed by atoms with van der Waals surface area (Å²) >= 11 is 1.56. The Balaban J connectivity index is 1.48. The standard InChI is InChI=1S/C15H19N5O2S/c1-10-12(11(2)22-18-10)6-20-8-15(5-13(20)21)3-4-19(7-15)14-17-16-9-23-14/h9H,3-8H2,1-2H3/t15-/m0/s1. The van der Waals surface area contributed by atoms with Gasteiger partial charge in [-0.2, -0.15) is 0 Å². The highest BCUT2D eigenvalue weighted by molar-refractivity contribution is 7.13. The molecule has 2 aromatic heterocycles. The highest BCUT2D eigenvalue weighted by Gasteiger charge is 2.48. The van der Waals surface area contributed by atoms with Gasteiger partial charge >= 0.3 is 0 Å². The van der Waals surface area contributed by atoms with Gasteiger partial charge in [0.15, 0.2) is 0 Å².